The first-order valence-corrected chi connectivity index (χ1v) is 33.3. The predicted molar refractivity (Wildman–Crippen MR) is 359 cm³/mol. The number of likely N-dealkylation sites (N-methyl/N-ethyl adjacent to an activating group) is 1. The molecule has 17 atom stereocenters. The minimum atomic E-state index is -2.29. The molecule has 17 N–H and O–H groups in total. The predicted octanol–water partition coefficient (Wildman–Crippen LogP) is 2.86. The fourth-order valence-electron chi connectivity index (χ4n) is 13.0. The highest BCUT2D eigenvalue weighted by molar-refractivity contribution is 6.32. The van der Waals surface area contributed by atoms with Gasteiger partial charge in [0.1, 0.15) is 77.0 Å². The maximum absolute atomic E-state index is 16.2. The molecule has 558 valence electrons. The second kappa shape index (κ2) is 31.4. The first-order chi connectivity index (χ1) is 49.1. The number of nitrogens with two attached hydrogens (primary N) is 2. The highest BCUT2D eigenvalue weighted by atomic mass is 35.5. The van der Waals surface area contributed by atoms with Gasteiger partial charge in [-0.05, 0) is 97.5 Å². The maximum atomic E-state index is 16.2. The quantitative estimate of drug-likeness (QED) is 0.0806. The van der Waals surface area contributed by atoms with Crippen molar-refractivity contribution in [3.8, 4) is 62.9 Å². The molecule has 0 aliphatic carbocycles. The summed E-state index contributed by atoms with van der Waals surface area (Å²) < 4.78 is 49.4. The number of carbonyl (C=O) groups is 9. The van der Waals surface area contributed by atoms with Gasteiger partial charge in [-0.15, -0.1) is 0 Å². The number of rotatable bonds is 13. The van der Waals surface area contributed by atoms with E-state index in [2.05, 4.69) is 21.3 Å². The zero-order valence-corrected chi connectivity index (χ0v) is 57.9. The number of benzene rings is 5. The standard InChI is InChI=1S/C69H77Cl2N7O26/c1-26(2)13-39(78(5)68(96)97-6)63(92)76-54-42(83)16-31(19-49(72)85)61(90)74-52-30-17-46(100-44-11-8-29(55(54)86)15-37(44)70)58(104-67-59(57(88)56(87)48(25-79)102-67)103-50-24-69(4,73)60(89)27(3)98-50)47(18-30)101-45-12-9-33(22-38(45)71)99-65-64(93)75-53(66(94)95)36-20-32(80)21-41(82)51(36)35-14-28(7-10-40(35)81)34(23-43(52)84)62(91)77-65/h7-12,14-15,17-18,20-22,26-27,31,34,39,48,50,52-57,59-60,65,67,79-82,86-89H,13,16,19,23-25,73H2,1-6H3,(H2,72,85)(H,74,90)(H,75,93)(H,76,92)(H,77,91)(H,94,95)/t27?,31-,34+,39+,48?,50?,52+,53-,54-,55+,56?,57?,59?,60?,65-,67?,69?/m0/s1. The van der Waals surface area contributed by atoms with Gasteiger partial charge in [-0.1, -0.05) is 49.2 Å². The average Bonchev–Trinajstić information content (AvgIpc) is 0.771. The van der Waals surface area contributed by atoms with E-state index in [0.29, 0.717) is 0 Å². The number of ketones is 2. The molecule has 7 aliphatic heterocycles. The van der Waals surface area contributed by atoms with Crippen LogP contribution in [0.4, 0.5) is 4.79 Å². The number of amides is 6. The van der Waals surface area contributed by atoms with Crippen molar-refractivity contribution in [3.63, 3.8) is 0 Å². The lowest BCUT2D eigenvalue weighted by Crippen LogP contribution is -2.64. The van der Waals surface area contributed by atoms with E-state index in [4.69, 9.17) is 72.6 Å². The number of phenolic OH excluding ortho intramolecular Hbond substituents is 3. The van der Waals surface area contributed by atoms with Crippen molar-refractivity contribution >= 4 is 76.4 Å². The Labute approximate surface area is 602 Å². The number of hydrogen-bond acceptors (Lipinski definition) is 26. The largest absolute Gasteiger partial charge is 0.508 e. The number of nitrogens with one attached hydrogen (secondary N) is 4. The summed E-state index contributed by atoms with van der Waals surface area (Å²) in [7, 11) is 2.32. The molecule has 2 saturated heterocycles. The number of primary amides is 1. The first kappa shape index (κ1) is 77.0. The van der Waals surface area contributed by atoms with Crippen LogP contribution in [0.15, 0.2) is 78.9 Å². The van der Waals surface area contributed by atoms with Crippen LogP contribution < -0.4 is 51.7 Å². The van der Waals surface area contributed by atoms with E-state index < -0.39 is 244 Å². The lowest BCUT2D eigenvalue weighted by Gasteiger charge is -2.47. The Kier molecular flexibility index (Phi) is 23.2. The van der Waals surface area contributed by atoms with Crippen LogP contribution in [0.5, 0.6) is 51.7 Å². The Hall–Kier alpha value is -9.65. The van der Waals surface area contributed by atoms with E-state index >= 15 is 19.2 Å². The third-order valence-electron chi connectivity index (χ3n) is 18.4. The summed E-state index contributed by atoms with van der Waals surface area (Å²) in [5, 5.41) is 111. The number of aliphatic hydroxyl groups is 5. The molecule has 2 fully saturated rings. The van der Waals surface area contributed by atoms with Crippen LogP contribution in [0.3, 0.4) is 0 Å². The number of hydrogen-bond donors (Lipinski definition) is 15. The number of carboxylic acid groups (broad SMARTS) is 1. The lowest BCUT2D eigenvalue weighted by molar-refractivity contribution is -0.333. The summed E-state index contributed by atoms with van der Waals surface area (Å²) >= 11 is 14.1. The Morgan fingerprint density at radius 3 is 2.06 bits per heavy atom. The van der Waals surface area contributed by atoms with Gasteiger partial charge in [-0.2, -0.15) is 0 Å². The van der Waals surface area contributed by atoms with Gasteiger partial charge in [0.15, 0.2) is 41.5 Å². The Morgan fingerprint density at radius 2 is 1.44 bits per heavy atom. The molecule has 35 heteroatoms. The van der Waals surface area contributed by atoms with Crippen molar-refractivity contribution < 1.29 is 127 Å². The fourth-order valence-corrected chi connectivity index (χ4v) is 13.4. The first-order valence-electron chi connectivity index (χ1n) is 32.6. The van der Waals surface area contributed by atoms with Gasteiger partial charge in [0, 0.05) is 67.1 Å². The van der Waals surface area contributed by atoms with E-state index in [-0.39, 0.29) is 52.2 Å². The number of carbonyl (C=O) groups excluding carboxylic acids is 8. The number of aromatic hydroxyl groups is 3. The highest BCUT2D eigenvalue weighted by Crippen LogP contribution is 2.50. The maximum Gasteiger partial charge on any atom is 0.409 e. The third-order valence-corrected chi connectivity index (χ3v) is 19.0. The monoisotopic (exact) mass is 1490 g/mol. The number of phenols is 3. The van der Waals surface area contributed by atoms with Crippen LogP contribution in [-0.2, 0) is 57.3 Å². The van der Waals surface area contributed by atoms with Gasteiger partial charge < -0.3 is 117 Å². The number of ether oxygens (including phenoxy) is 8. The van der Waals surface area contributed by atoms with Crippen LogP contribution in [0, 0.1) is 11.8 Å². The summed E-state index contributed by atoms with van der Waals surface area (Å²) in [5.41, 5.74) is 8.67. The van der Waals surface area contributed by atoms with Crippen LogP contribution >= 0.6 is 23.2 Å². The number of methoxy groups -OCH3 is 1. The van der Waals surface area contributed by atoms with E-state index in [0.717, 1.165) is 78.7 Å². The van der Waals surface area contributed by atoms with Crippen molar-refractivity contribution in [2.24, 2.45) is 23.3 Å². The van der Waals surface area contributed by atoms with E-state index in [1.807, 2.05) is 0 Å². The number of nitrogens with zero attached hydrogens (tertiary/aromatic N) is 1. The molecule has 0 saturated carbocycles. The minimum absolute atomic E-state index is 0.0271. The third kappa shape index (κ3) is 16.5. The average molecular weight is 1490 g/mol. The Bertz CT molecular complexity index is 4200. The lowest BCUT2D eigenvalue weighted by atomic mass is 9.85. The van der Waals surface area contributed by atoms with Crippen LogP contribution in [0.1, 0.15) is 106 Å². The molecule has 0 radical (unpaired) electrons. The van der Waals surface area contributed by atoms with E-state index in [1.54, 1.807) is 13.8 Å². The van der Waals surface area contributed by atoms with E-state index in [9.17, 15) is 69.9 Å². The number of aliphatic hydroxyl groups excluding tert-OH is 5. The molecule has 11 bridgehead atoms. The molecule has 5 aromatic carbocycles. The van der Waals surface area contributed by atoms with Crippen LogP contribution in [0.2, 0.25) is 10.0 Å². The summed E-state index contributed by atoms with van der Waals surface area (Å²) in [6.45, 7) is 5.50. The van der Waals surface area contributed by atoms with Gasteiger partial charge in [0.05, 0.1) is 47.8 Å². The Morgan fingerprint density at radius 1 is 0.779 bits per heavy atom. The van der Waals surface area contributed by atoms with Gasteiger partial charge in [0.2, 0.25) is 35.7 Å². The van der Waals surface area contributed by atoms with Crippen molar-refractivity contribution in [1.29, 1.82) is 0 Å². The molecule has 5 aromatic rings. The summed E-state index contributed by atoms with van der Waals surface area (Å²) in [6, 6.07) is 6.12. The van der Waals surface area contributed by atoms with Gasteiger partial charge in [-0.25, -0.2) is 9.59 Å². The van der Waals surface area contributed by atoms with Crippen molar-refractivity contribution in [2.45, 2.75) is 157 Å². The second-order valence-electron chi connectivity index (χ2n) is 26.5. The molecule has 6 amide bonds. The molecule has 12 rings (SSSR count). The molecule has 9 unspecified atom stereocenters. The van der Waals surface area contributed by atoms with Gasteiger partial charge >= 0.3 is 12.1 Å². The van der Waals surface area contributed by atoms with Crippen LogP contribution in [0.25, 0.3) is 11.1 Å². The molecule has 104 heavy (non-hydrogen) atoms. The molecule has 0 spiro atoms. The number of aliphatic carboxylic acids is 1. The molecular weight excluding hydrogens is 1410 g/mol. The normalized spacial score (nSPS) is 28.2. The summed E-state index contributed by atoms with van der Waals surface area (Å²) in [4.78, 5) is 132. The fraction of sp³-hybridized carbons (Fsp3) is 0.435. The van der Waals surface area contributed by atoms with Gasteiger partial charge in [-0.3, -0.25) is 38.5 Å². The molecule has 7 heterocycles. The molecule has 7 aliphatic rings. The number of carboxylic acids is 1. The highest BCUT2D eigenvalue weighted by Gasteiger charge is 2.51. The number of halogens is 2. The van der Waals surface area contributed by atoms with E-state index in [1.165, 1.54) is 33.0 Å². The van der Waals surface area contributed by atoms with Crippen molar-refractivity contribution in [1.82, 2.24) is 26.2 Å². The zero-order chi connectivity index (χ0) is 75.8. The Balaban J connectivity index is 1.23. The number of Topliss-reactive ketones (excluding diaryl/α,β-unsaturated/α-hetero) is 2. The summed E-state index contributed by atoms with van der Waals surface area (Å²) in [5.74, 6) is -19.5. The zero-order valence-electron chi connectivity index (χ0n) is 56.4. The van der Waals surface area contributed by atoms with Crippen molar-refractivity contribution in [3.05, 3.63) is 111 Å². The molecule has 0 aromatic heterocycles. The van der Waals surface area contributed by atoms with Crippen molar-refractivity contribution in [2.75, 3.05) is 20.8 Å². The molecular formula is C69H77Cl2N7O26. The smallest absolute Gasteiger partial charge is 0.409 e. The SMILES string of the molecule is COC(=O)N(C)[C@H](CC(C)C)C(=O)N[C@H]1C(=O)C[C@@H](CC(N)=O)C(=O)N[C@H]2C(=O)C[C@H]3C(=O)N[C@@H](Oc4ccc(c(Cl)c4)Oc4cc2cc(c4OC2OC(CO)C(O)C(O)C2OC2CC(C)(N)C(O)C(C)O2)Oc2ccc(cc2Cl)[C@H]1O)C(=O)N[C@H](C(=O)O)c1cc(O)cc(O)c1-c1cc3ccc1O. The number of fused-ring (bicyclic) bond motifs is 15. The second-order valence-corrected chi connectivity index (χ2v) is 27.3. The summed E-state index contributed by atoms with van der Waals surface area (Å²) in [6.07, 6.45) is -21.9. The molecule has 33 nitrogen and oxygen atoms in total. The van der Waals surface area contributed by atoms with Crippen LogP contribution in [-0.4, -0.2) is 198 Å². The minimum Gasteiger partial charge on any atom is -0.508 e. The van der Waals surface area contributed by atoms with Gasteiger partial charge in [0.25, 0.3) is 12.1 Å². The topological polar surface area (TPSA) is 513 Å².